The number of phenolic OH excluding ortho intramolecular Hbond substituents is 2. The molecule has 0 bridgehead atoms. The standard InChI is InChI=1S/C25H23NO9/c1-10-20(29)18(12(3)27)22-19(21(10)30)25(4)16(35-22)8-14(28)17(23(25)31)11(2)26-9-13-6-7-15(34-13)24(32)33-5/h6-8,26,29-30H,9H2,1-5H3/b17-11+/t25-/m1/s1. The Balaban J connectivity index is 1.76. The van der Waals surface area contributed by atoms with Crippen LogP contribution in [0.15, 0.2) is 39.7 Å². The van der Waals surface area contributed by atoms with Crippen LogP contribution in [-0.2, 0) is 26.3 Å². The average molecular weight is 481 g/mol. The molecule has 0 saturated carbocycles. The summed E-state index contributed by atoms with van der Waals surface area (Å²) in [6, 6.07) is 3.00. The second kappa shape index (κ2) is 8.15. The number of Topliss-reactive ketones (excluding diaryl/α,β-unsaturated/α-hetero) is 2. The maximum atomic E-state index is 13.7. The molecule has 0 radical (unpaired) electrons. The predicted octanol–water partition coefficient (Wildman–Crippen LogP) is 2.74. The second-order valence-corrected chi connectivity index (χ2v) is 8.50. The lowest BCUT2D eigenvalue weighted by molar-refractivity contribution is -0.123. The Morgan fingerprint density at radius 3 is 2.46 bits per heavy atom. The fourth-order valence-corrected chi connectivity index (χ4v) is 4.35. The van der Waals surface area contributed by atoms with Crippen LogP contribution in [0.25, 0.3) is 0 Å². The van der Waals surface area contributed by atoms with Crippen LogP contribution in [0.2, 0.25) is 0 Å². The first-order valence-electron chi connectivity index (χ1n) is 10.6. The predicted molar refractivity (Wildman–Crippen MR) is 120 cm³/mol. The normalized spacial score (nSPS) is 20.0. The number of ether oxygens (including phenoxy) is 2. The molecule has 2 aliphatic rings. The van der Waals surface area contributed by atoms with E-state index in [1.807, 2.05) is 0 Å². The van der Waals surface area contributed by atoms with Crippen LogP contribution in [0.3, 0.4) is 0 Å². The number of ketones is 3. The minimum Gasteiger partial charge on any atom is -0.507 e. The number of esters is 1. The van der Waals surface area contributed by atoms with E-state index in [1.165, 1.54) is 40.9 Å². The summed E-state index contributed by atoms with van der Waals surface area (Å²) < 4.78 is 15.7. The largest absolute Gasteiger partial charge is 0.507 e. The van der Waals surface area contributed by atoms with Crippen LogP contribution >= 0.6 is 0 Å². The monoisotopic (exact) mass is 481 g/mol. The highest BCUT2D eigenvalue weighted by Gasteiger charge is 2.56. The van der Waals surface area contributed by atoms with Gasteiger partial charge in [0.15, 0.2) is 17.3 Å². The van der Waals surface area contributed by atoms with E-state index in [4.69, 9.17) is 9.15 Å². The Labute approximate surface area is 199 Å². The van der Waals surface area contributed by atoms with Gasteiger partial charge in [-0.1, -0.05) is 0 Å². The van der Waals surface area contributed by atoms with Crippen LogP contribution < -0.4 is 10.1 Å². The number of allylic oxidation sites excluding steroid dienone is 4. The smallest absolute Gasteiger partial charge is 0.373 e. The zero-order chi connectivity index (χ0) is 25.8. The van der Waals surface area contributed by atoms with E-state index in [1.54, 1.807) is 6.07 Å². The molecule has 2 aromatic rings. The van der Waals surface area contributed by atoms with Crippen molar-refractivity contribution in [2.75, 3.05) is 7.11 Å². The number of fused-ring (bicyclic) bond motifs is 3. The quantitative estimate of drug-likeness (QED) is 0.251. The molecule has 1 atom stereocenters. The average Bonchev–Trinajstić information content (AvgIpc) is 3.39. The van der Waals surface area contributed by atoms with Crippen molar-refractivity contribution in [2.24, 2.45) is 0 Å². The minimum absolute atomic E-state index is 0.00889. The van der Waals surface area contributed by atoms with Gasteiger partial charge in [0.1, 0.15) is 39.7 Å². The Morgan fingerprint density at radius 2 is 1.83 bits per heavy atom. The first-order chi connectivity index (χ1) is 16.4. The molecule has 0 saturated heterocycles. The lowest BCUT2D eigenvalue weighted by atomic mass is 9.70. The van der Waals surface area contributed by atoms with E-state index >= 15 is 0 Å². The Morgan fingerprint density at radius 1 is 1.14 bits per heavy atom. The van der Waals surface area contributed by atoms with E-state index in [-0.39, 0.29) is 51.8 Å². The number of phenols is 2. The van der Waals surface area contributed by atoms with Crippen molar-refractivity contribution in [3.8, 4) is 17.2 Å². The highest BCUT2D eigenvalue weighted by molar-refractivity contribution is 6.31. The molecule has 0 amide bonds. The van der Waals surface area contributed by atoms with Crippen molar-refractivity contribution >= 4 is 23.3 Å². The third-order valence-electron chi connectivity index (χ3n) is 6.34. The van der Waals surface area contributed by atoms with Gasteiger partial charge in [0, 0.05) is 17.3 Å². The van der Waals surface area contributed by atoms with Gasteiger partial charge >= 0.3 is 5.97 Å². The van der Waals surface area contributed by atoms with Crippen molar-refractivity contribution in [3.05, 3.63) is 63.4 Å². The molecular weight excluding hydrogens is 458 g/mol. The van der Waals surface area contributed by atoms with Gasteiger partial charge in [-0.3, -0.25) is 14.4 Å². The van der Waals surface area contributed by atoms with Crippen molar-refractivity contribution in [2.45, 2.75) is 39.7 Å². The molecule has 4 rings (SSSR count). The van der Waals surface area contributed by atoms with Gasteiger partial charge < -0.3 is 29.4 Å². The molecule has 1 aliphatic heterocycles. The first-order valence-corrected chi connectivity index (χ1v) is 10.6. The zero-order valence-electron chi connectivity index (χ0n) is 19.7. The molecule has 0 fully saturated rings. The number of furan rings is 1. The summed E-state index contributed by atoms with van der Waals surface area (Å²) in [6.07, 6.45) is 1.14. The molecule has 182 valence electrons. The Kier molecular flexibility index (Phi) is 5.55. The summed E-state index contributed by atoms with van der Waals surface area (Å²) in [6.45, 7) is 5.73. The topological polar surface area (TPSA) is 152 Å². The molecule has 3 N–H and O–H groups in total. The highest BCUT2D eigenvalue weighted by atomic mass is 16.5. The molecule has 10 nitrogen and oxygen atoms in total. The molecule has 0 unspecified atom stereocenters. The van der Waals surface area contributed by atoms with Gasteiger partial charge in [-0.2, -0.15) is 0 Å². The van der Waals surface area contributed by atoms with E-state index in [0.717, 1.165) is 6.08 Å². The van der Waals surface area contributed by atoms with Crippen molar-refractivity contribution < 1.29 is 43.3 Å². The van der Waals surface area contributed by atoms with Crippen molar-refractivity contribution in [1.29, 1.82) is 0 Å². The van der Waals surface area contributed by atoms with Crippen molar-refractivity contribution in [1.82, 2.24) is 5.32 Å². The summed E-state index contributed by atoms with van der Waals surface area (Å²) in [4.78, 5) is 50.5. The number of methoxy groups -OCH3 is 1. The molecule has 1 aromatic heterocycles. The summed E-state index contributed by atoms with van der Waals surface area (Å²) >= 11 is 0. The number of hydrogen-bond donors (Lipinski definition) is 3. The second-order valence-electron chi connectivity index (χ2n) is 8.50. The van der Waals surface area contributed by atoms with Crippen molar-refractivity contribution in [3.63, 3.8) is 0 Å². The fourth-order valence-electron chi connectivity index (χ4n) is 4.35. The van der Waals surface area contributed by atoms with Crippen LogP contribution in [0.5, 0.6) is 17.2 Å². The number of carbonyl (C=O) groups excluding carboxylic acids is 4. The summed E-state index contributed by atoms with van der Waals surface area (Å²) in [5.74, 6) is -3.10. The molecule has 1 aromatic carbocycles. The van der Waals surface area contributed by atoms with Gasteiger partial charge in [-0.15, -0.1) is 0 Å². The number of hydrogen-bond acceptors (Lipinski definition) is 10. The lowest BCUT2D eigenvalue weighted by Crippen LogP contribution is -2.41. The van der Waals surface area contributed by atoms with E-state index in [0.29, 0.717) is 5.76 Å². The minimum atomic E-state index is -1.60. The third kappa shape index (κ3) is 3.40. The van der Waals surface area contributed by atoms with Crippen LogP contribution in [0.1, 0.15) is 58.6 Å². The first kappa shape index (κ1) is 23.8. The fraction of sp³-hybridized carbons (Fsp3) is 0.280. The van der Waals surface area contributed by atoms with E-state index in [2.05, 4.69) is 10.1 Å². The Hall–Kier alpha value is -4.34. The maximum Gasteiger partial charge on any atom is 0.373 e. The molecule has 0 spiro atoms. The maximum absolute atomic E-state index is 13.7. The number of benzene rings is 1. The molecular formula is C25H23NO9. The zero-order valence-corrected chi connectivity index (χ0v) is 19.7. The number of nitrogens with one attached hydrogen (secondary N) is 1. The van der Waals surface area contributed by atoms with Gasteiger partial charge in [-0.05, 0) is 39.8 Å². The van der Waals surface area contributed by atoms with Crippen LogP contribution in [0, 0.1) is 6.92 Å². The van der Waals surface area contributed by atoms with Crippen LogP contribution in [0.4, 0.5) is 0 Å². The number of carbonyl (C=O) groups is 4. The summed E-state index contributed by atoms with van der Waals surface area (Å²) in [5.41, 5.74) is -1.67. The highest BCUT2D eigenvalue weighted by Crippen LogP contribution is 2.57. The molecule has 1 aliphatic carbocycles. The summed E-state index contributed by atoms with van der Waals surface area (Å²) in [5, 5.41) is 24.2. The van der Waals surface area contributed by atoms with E-state index < -0.39 is 40.2 Å². The van der Waals surface area contributed by atoms with Crippen LogP contribution in [-0.4, -0.2) is 40.6 Å². The van der Waals surface area contributed by atoms with Gasteiger partial charge in [0.2, 0.25) is 5.76 Å². The number of aromatic hydroxyl groups is 2. The molecule has 35 heavy (non-hydrogen) atoms. The van der Waals surface area contributed by atoms with Gasteiger partial charge in [0.05, 0.1) is 24.8 Å². The lowest BCUT2D eigenvalue weighted by Gasteiger charge is -2.29. The summed E-state index contributed by atoms with van der Waals surface area (Å²) in [7, 11) is 1.23. The van der Waals surface area contributed by atoms with Gasteiger partial charge in [-0.25, -0.2) is 4.79 Å². The Bertz CT molecular complexity index is 1390. The van der Waals surface area contributed by atoms with E-state index in [9.17, 15) is 29.4 Å². The number of rotatable bonds is 5. The van der Waals surface area contributed by atoms with Gasteiger partial charge in [0.25, 0.3) is 0 Å². The molecule has 10 heteroatoms. The molecule has 2 heterocycles. The SMILES string of the molecule is COC(=O)c1ccc(CN/C(C)=C2\C(=O)C=C3Oc4c(C(C)=O)c(O)c(C)c(O)c4[C@]3(C)C2=O)o1. The third-order valence-corrected chi connectivity index (χ3v) is 6.34.